The lowest BCUT2D eigenvalue weighted by atomic mass is 10.2. The van der Waals surface area contributed by atoms with Gasteiger partial charge in [0, 0.05) is 5.56 Å². The summed E-state index contributed by atoms with van der Waals surface area (Å²) in [4.78, 5) is 15.0. The van der Waals surface area contributed by atoms with Crippen molar-refractivity contribution in [2.45, 2.75) is 20.0 Å². The number of hydrogen-bond donors (Lipinski definition) is 0. The Balaban J connectivity index is 3.28. The van der Waals surface area contributed by atoms with E-state index in [-0.39, 0.29) is 12.3 Å². The molecular weight excluding hydrogens is 286 g/mol. The van der Waals surface area contributed by atoms with Crippen LogP contribution in [0.5, 0.6) is 11.6 Å². The van der Waals surface area contributed by atoms with E-state index in [2.05, 4.69) is 19.2 Å². The maximum atomic E-state index is 12.8. The molecule has 0 aliphatic heterocycles. The van der Waals surface area contributed by atoms with Gasteiger partial charge in [-0.2, -0.15) is 0 Å². The molecule has 1 rings (SSSR count). The van der Waals surface area contributed by atoms with E-state index in [0.29, 0.717) is 0 Å². The molecule has 0 fully saturated rings. The van der Waals surface area contributed by atoms with Crippen LogP contribution in [0.2, 0.25) is 0 Å². The third kappa shape index (κ3) is 3.97. The minimum Gasteiger partial charge on any atom is -0.478 e. The highest BCUT2D eigenvalue weighted by atomic mass is 19.4. The highest BCUT2D eigenvalue weighted by Gasteiger charge is 2.35. The van der Waals surface area contributed by atoms with E-state index in [1.807, 2.05) is 0 Å². The van der Waals surface area contributed by atoms with E-state index in [9.17, 15) is 22.4 Å². The summed E-state index contributed by atoms with van der Waals surface area (Å²) in [6.45, 7) is 0.275. The summed E-state index contributed by atoms with van der Waals surface area (Å²) in [5.74, 6) is -2.48. The molecule has 9 heteroatoms. The number of esters is 1. The van der Waals surface area contributed by atoms with Gasteiger partial charge in [-0.25, -0.2) is 14.2 Å². The highest BCUT2D eigenvalue weighted by molar-refractivity contribution is 5.88. The van der Waals surface area contributed by atoms with E-state index in [1.165, 1.54) is 6.92 Å². The molecule has 0 atom stereocenters. The molecule has 1 heterocycles. The predicted molar refractivity (Wildman–Crippen MR) is 58.2 cm³/mol. The molecule has 0 N–H and O–H groups in total. The SMILES string of the molecule is CCOC(=O)c1cc(CF)c(OC(F)(F)F)c(OC)n1. The minimum atomic E-state index is -5.04. The highest BCUT2D eigenvalue weighted by Crippen LogP contribution is 2.35. The third-order valence-electron chi connectivity index (χ3n) is 2.06. The molecule has 0 aliphatic rings. The van der Waals surface area contributed by atoms with Crippen LogP contribution in [0.4, 0.5) is 17.6 Å². The van der Waals surface area contributed by atoms with Gasteiger partial charge in [0.05, 0.1) is 13.7 Å². The number of aromatic nitrogens is 1. The first-order valence-electron chi connectivity index (χ1n) is 5.39. The second kappa shape index (κ2) is 6.40. The number of carbonyl (C=O) groups is 1. The fourth-order valence-corrected chi connectivity index (χ4v) is 1.33. The zero-order valence-corrected chi connectivity index (χ0v) is 10.6. The third-order valence-corrected chi connectivity index (χ3v) is 2.06. The summed E-state index contributed by atoms with van der Waals surface area (Å²) in [7, 11) is 1.02. The van der Waals surface area contributed by atoms with Crippen LogP contribution in [-0.2, 0) is 11.4 Å². The molecular formula is C11H11F4NO4. The van der Waals surface area contributed by atoms with Gasteiger partial charge in [-0.3, -0.25) is 0 Å². The Kier molecular flexibility index (Phi) is 5.12. The number of pyridine rings is 1. The van der Waals surface area contributed by atoms with Gasteiger partial charge in [-0.15, -0.1) is 13.2 Å². The van der Waals surface area contributed by atoms with E-state index < -0.39 is 36.2 Å². The van der Waals surface area contributed by atoms with Gasteiger partial charge in [-0.05, 0) is 13.0 Å². The number of hydrogen-bond acceptors (Lipinski definition) is 5. The van der Waals surface area contributed by atoms with E-state index >= 15 is 0 Å². The van der Waals surface area contributed by atoms with Crippen LogP contribution < -0.4 is 9.47 Å². The summed E-state index contributed by atoms with van der Waals surface area (Å²) in [5.41, 5.74) is -0.886. The summed E-state index contributed by atoms with van der Waals surface area (Å²) < 4.78 is 62.4. The van der Waals surface area contributed by atoms with Crippen molar-refractivity contribution in [1.82, 2.24) is 4.98 Å². The lowest BCUT2D eigenvalue weighted by Gasteiger charge is -2.15. The molecule has 0 amide bonds. The van der Waals surface area contributed by atoms with Crippen LogP contribution in [0.15, 0.2) is 6.07 Å². The predicted octanol–water partition coefficient (Wildman–Crippen LogP) is 2.64. The van der Waals surface area contributed by atoms with Crippen LogP contribution in [0.25, 0.3) is 0 Å². The first-order chi connectivity index (χ1) is 9.32. The van der Waals surface area contributed by atoms with Crippen molar-refractivity contribution in [3.63, 3.8) is 0 Å². The normalized spacial score (nSPS) is 11.1. The van der Waals surface area contributed by atoms with Gasteiger partial charge in [0.2, 0.25) is 0 Å². The molecule has 1 aromatic rings. The average Bonchev–Trinajstić information content (AvgIpc) is 2.37. The van der Waals surface area contributed by atoms with E-state index in [1.54, 1.807) is 0 Å². The number of halogens is 4. The molecule has 0 radical (unpaired) electrons. The van der Waals surface area contributed by atoms with Gasteiger partial charge in [0.1, 0.15) is 6.67 Å². The van der Waals surface area contributed by atoms with Crippen molar-refractivity contribution >= 4 is 5.97 Å². The first-order valence-corrected chi connectivity index (χ1v) is 5.39. The van der Waals surface area contributed by atoms with Gasteiger partial charge in [0.25, 0.3) is 5.88 Å². The van der Waals surface area contributed by atoms with Crippen LogP contribution in [0, 0.1) is 0 Å². The van der Waals surface area contributed by atoms with Crippen LogP contribution in [0.1, 0.15) is 23.0 Å². The Hall–Kier alpha value is -2.06. The molecule has 5 nitrogen and oxygen atoms in total. The summed E-state index contributed by atoms with van der Waals surface area (Å²) >= 11 is 0. The Morgan fingerprint density at radius 2 is 2.05 bits per heavy atom. The monoisotopic (exact) mass is 297 g/mol. The number of alkyl halides is 4. The van der Waals surface area contributed by atoms with Gasteiger partial charge >= 0.3 is 12.3 Å². The second-order valence-electron chi connectivity index (χ2n) is 3.41. The topological polar surface area (TPSA) is 57.7 Å². The smallest absolute Gasteiger partial charge is 0.478 e. The molecule has 0 spiro atoms. The average molecular weight is 297 g/mol. The lowest BCUT2D eigenvalue weighted by Crippen LogP contribution is -2.20. The maximum Gasteiger partial charge on any atom is 0.573 e. The molecule has 20 heavy (non-hydrogen) atoms. The number of rotatable bonds is 5. The molecule has 0 aromatic carbocycles. The number of nitrogens with zero attached hydrogens (tertiary/aromatic N) is 1. The van der Waals surface area contributed by atoms with Gasteiger partial charge in [0.15, 0.2) is 11.4 Å². The molecule has 0 saturated heterocycles. The zero-order valence-electron chi connectivity index (χ0n) is 10.6. The lowest BCUT2D eigenvalue weighted by molar-refractivity contribution is -0.275. The van der Waals surface area contributed by atoms with Gasteiger partial charge in [-0.1, -0.05) is 0 Å². The standard InChI is InChI=1S/C11H11F4NO4/c1-3-19-10(17)7-4-6(5-12)8(9(16-7)18-2)20-11(13,14)15/h4H,3,5H2,1-2H3. The van der Waals surface area contributed by atoms with E-state index in [4.69, 9.17) is 0 Å². The number of ether oxygens (including phenoxy) is 3. The molecule has 0 bridgehead atoms. The summed E-state index contributed by atoms with van der Waals surface area (Å²) in [6, 6.07) is 0.821. The maximum absolute atomic E-state index is 12.8. The Morgan fingerprint density at radius 1 is 1.40 bits per heavy atom. The molecule has 0 unspecified atom stereocenters. The molecule has 0 saturated carbocycles. The Labute approximate surface area is 111 Å². The fraction of sp³-hybridized carbons (Fsp3) is 0.455. The van der Waals surface area contributed by atoms with Crippen molar-refractivity contribution in [2.24, 2.45) is 0 Å². The largest absolute Gasteiger partial charge is 0.573 e. The zero-order chi connectivity index (χ0) is 15.3. The molecule has 0 aliphatic carbocycles. The van der Waals surface area contributed by atoms with Crippen molar-refractivity contribution in [1.29, 1.82) is 0 Å². The summed E-state index contributed by atoms with van der Waals surface area (Å²) in [5, 5.41) is 0. The quantitative estimate of drug-likeness (QED) is 0.617. The van der Waals surface area contributed by atoms with E-state index in [0.717, 1.165) is 13.2 Å². The van der Waals surface area contributed by atoms with Crippen molar-refractivity contribution < 1.29 is 36.6 Å². The minimum absolute atomic E-state index is 0.0363. The summed E-state index contributed by atoms with van der Waals surface area (Å²) in [6.07, 6.45) is -5.04. The van der Waals surface area contributed by atoms with Crippen molar-refractivity contribution in [3.05, 3.63) is 17.3 Å². The second-order valence-corrected chi connectivity index (χ2v) is 3.41. The first kappa shape index (κ1) is 16.0. The van der Waals surface area contributed by atoms with Gasteiger partial charge < -0.3 is 14.2 Å². The van der Waals surface area contributed by atoms with Crippen molar-refractivity contribution in [2.75, 3.05) is 13.7 Å². The number of methoxy groups -OCH3 is 1. The Bertz CT molecular complexity index is 465. The van der Waals surface area contributed by atoms with Crippen molar-refractivity contribution in [3.8, 4) is 11.6 Å². The fourth-order valence-electron chi connectivity index (χ4n) is 1.33. The van der Waals surface area contributed by atoms with Crippen LogP contribution >= 0.6 is 0 Å². The van der Waals surface area contributed by atoms with Crippen LogP contribution in [-0.4, -0.2) is 31.0 Å². The Morgan fingerprint density at radius 3 is 2.50 bits per heavy atom. The molecule has 112 valence electrons. The molecule has 1 aromatic heterocycles. The number of carbonyl (C=O) groups excluding carboxylic acids is 1. The van der Waals surface area contributed by atoms with Crippen LogP contribution in [0.3, 0.4) is 0 Å².